The van der Waals surface area contributed by atoms with Crippen molar-refractivity contribution in [2.75, 3.05) is 23.0 Å². The Labute approximate surface area is 600 Å². The van der Waals surface area contributed by atoms with E-state index in [9.17, 15) is 30.6 Å². The van der Waals surface area contributed by atoms with Gasteiger partial charge in [0.25, 0.3) is 0 Å². The van der Waals surface area contributed by atoms with E-state index >= 15 is 0 Å². The average molecular weight is 1390 g/mol. The zero-order chi connectivity index (χ0) is 68.7. The molecule has 0 saturated heterocycles. The number of fused-ring (bicyclic) bond motifs is 8. The standard InChI is InChI=1S/C84H98N4O2S6/c1-51(2)21-17-25-55(9)33-37-91-83(92-38-34-56(10)26-18-22-52(3)4)77-67-45-70-68(46-69(67)81-73(77)43-61(95-81)41-71-75(59(47-85)48-86)63-29-13-15-31-65(63)79(71)89)78(84(93-39-35-57(11)27-19-23-53(5)6)94-40-36-58(12)28-20-24-54(7)8)74-44-62(96-82(70)74)42-72-76(60(49-87)50-88)64-30-14-16-32-66(64)80(72)90/h13-16,29-32,41-46,51-58H,17-28,33-40H2,1-12H3/b71-41-,72-42-,83-77?,84-78?. The SMILES string of the molecule is CC(C)CCCC(C)CCSC(SCCC(C)CCCC(C)C)=C1c2cc3c(cc2-c2sc(/C=C4\C(=O)c5ccccc5C4=C(C#N)C#N)cc21)C(=C(SCCC(C)CCCC(C)C)SCCC(C)CCCC(C)C)c1cc(/C=C2\C(=O)c4ccccc4C2=C(C#N)C#N)sc1-3. The van der Waals surface area contributed by atoms with Crippen molar-refractivity contribution < 1.29 is 9.59 Å². The first-order valence-corrected chi connectivity index (χ1v) is 41.1. The lowest BCUT2D eigenvalue weighted by atomic mass is 9.98. The number of nitriles is 4. The Balaban J connectivity index is 1.26. The van der Waals surface area contributed by atoms with Gasteiger partial charge in [-0.05, 0) is 155 Å². The van der Waals surface area contributed by atoms with E-state index in [2.05, 4.69) is 132 Å². The first-order valence-electron chi connectivity index (χ1n) is 35.5. The first-order chi connectivity index (χ1) is 46.2. The number of carbonyl (C=O) groups is 2. The van der Waals surface area contributed by atoms with Gasteiger partial charge in [-0.2, -0.15) is 21.0 Å². The van der Waals surface area contributed by atoms with Gasteiger partial charge in [0, 0.05) is 94.8 Å². The Kier molecular flexibility index (Phi) is 27.4. The highest BCUT2D eigenvalue weighted by Crippen LogP contribution is 2.61. The number of nitrogens with zero attached hydrogens (tertiary/aromatic N) is 4. The fraction of sp³-hybridized carbons (Fsp3) is 0.476. The zero-order valence-corrected chi connectivity index (χ0v) is 63.8. The summed E-state index contributed by atoms with van der Waals surface area (Å²) in [7, 11) is 0. The van der Waals surface area contributed by atoms with Gasteiger partial charge in [0.15, 0.2) is 11.6 Å². The normalized spacial score (nSPS) is 15.6. The van der Waals surface area contributed by atoms with Crippen LogP contribution in [0.15, 0.2) is 104 Å². The molecule has 4 aliphatic rings. The number of ketones is 2. The Bertz CT molecular complexity index is 3700. The molecule has 0 N–H and O–H groups in total. The van der Waals surface area contributed by atoms with Crippen molar-refractivity contribution in [3.8, 4) is 45.2 Å². The lowest BCUT2D eigenvalue weighted by Gasteiger charge is -2.18. The molecule has 6 nitrogen and oxygen atoms in total. The van der Waals surface area contributed by atoms with Crippen LogP contribution >= 0.6 is 69.7 Å². The van der Waals surface area contributed by atoms with E-state index < -0.39 is 0 Å². The minimum atomic E-state index is -0.180. The van der Waals surface area contributed by atoms with Gasteiger partial charge in [-0.15, -0.1) is 69.7 Å². The van der Waals surface area contributed by atoms with Crippen LogP contribution in [0.25, 0.3) is 55.3 Å². The van der Waals surface area contributed by atoms with E-state index in [4.69, 9.17) is 0 Å². The van der Waals surface area contributed by atoms with Crippen LogP contribution in [0.2, 0.25) is 0 Å². The molecule has 2 aromatic heterocycles. The van der Waals surface area contributed by atoms with Crippen LogP contribution in [0.5, 0.6) is 0 Å². The van der Waals surface area contributed by atoms with Crippen LogP contribution in [-0.2, 0) is 0 Å². The summed E-state index contributed by atoms with van der Waals surface area (Å²) in [5.74, 6) is 8.72. The first kappa shape index (κ1) is 74.4. The fourth-order valence-corrected chi connectivity index (χ4v) is 21.9. The highest BCUT2D eigenvalue weighted by atomic mass is 32.2. The molecule has 2 heterocycles. The van der Waals surface area contributed by atoms with Crippen LogP contribution in [0.1, 0.15) is 250 Å². The van der Waals surface area contributed by atoms with Gasteiger partial charge in [-0.25, -0.2) is 0 Å². The van der Waals surface area contributed by atoms with Gasteiger partial charge in [0.05, 0.1) is 0 Å². The number of carbonyl (C=O) groups excluding carboxylic acids is 2. The topological polar surface area (TPSA) is 129 Å². The monoisotopic (exact) mass is 1390 g/mol. The largest absolute Gasteiger partial charge is 0.289 e. The molecule has 12 heteroatoms. The van der Waals surface area contributed by atoms with E-state index in [1.165, 1.54) is 119 Å². The van der Waals surface area contributed by atoms with Gasteiger partial charge in [0.1, 0.15) is 35.4 Å². The molecule has 4 atom stereocenters. The highest BCUT2D eigenvalue weighted by molar-refractivity contribution is 8.23. The van der Waals surface area contributed by atoms with Crippen molar-refractivity contribution in [3.63, 3.8) is 0 Å². The molecule has 0 amide bonds. The van der Waals surface area contributed by atoms with Crippen molar-refractivity contribution in [1.82, 2.24) is 0 Å². The van der Waals surface area contributed by atoms with Crippen LogP contribution in [0.3, 0.4) is 0 Å². The highest BCUT2D eigenvalue weighted by Gasteiger charge is 2.39. The predicted molar refractivity (Wildman–Crippen MR) is 419 cm³/mol. The maximum atomic E-state index is 14.6. The zero-order valence-electron chi connectivity index (χ0n) is 58.9. The van der Waals surface area contributed by atoms with Gasteiger partial charge >= 0.3 is 0 Å². The number of thiophene rings is 2. The molecule has 0 radical (unpaired) electrons. The van der Waals surface area contributed by atoms with Crippen LogP contribution in [-0.4, -0.2) is 34.6 Å². The third-order valence-corrected chi connectivity index (χ3v) is 26.6. The second-order valence-electron chi connectivity index (χ2n) is 29.1. The minimum Gasteiger partial charge on any atom is -0.289 e. The molecule has 0 bridgehead atoms. The Morgan fingerprint density at radius 3 is 0.938 bits per heavy atom. The van der Waals surface area contributed by atoms with Gasteiger partial charge in [-0.3, -0.25) is 9.59 Å². The summed E-state index contributed by atoms with van der Waals surface area (Å²) in [6.07, 6.45) is 23.1. The van der Waals surface area contributed by atoms with Crippen molar-refractivity contribution >= 4 is 116 Å². The van der Waals surface area contributed by atoms with E-state index in [-0.39, 0.29) is 22.7 Å². The summed E-state index contributed by atoms with van der Waals surface area (Å²) < 4.78 is 2.65. The molecule has 0 aliphatic heterocycles. The quantitative estimate of drug-likeness (QED) is 0.0284. The Morgan fingerprint density at radius 2 is 0.656 bits per heavy atom. The van der Waals surface area contributed by atoms with E-state index in [0.29, 0.717) is 91.9 Å². The number of rotatable bonds is 34. The fourth-order valence-electron chi connectivity index (χ4n) is 13.7. The molecule has 0 saturated carbocycles. The van der Waals surface area contributed by atoms with Gasteiger partial charge < -0.3 is 0 Å². The van der Waals surface area contributed by atoms with Crippen molar-refractivity contribution in [2.45, 2.75) is 186 Å². The summed E-state index contributed by atoms with van der Waals surface area (Å²) >= 11 is 11.4. The summed E-state index contributed by atoms with van der Waals surface area (Å²) in [5, 5.41) is 41.6. The smallest absolute Gasteiger partial charge is 0.194 e. The number of hydrogen-bond donors (Lipinski definition) is 0. The molecule has 4 aliphatic carbocycles. The Morgan fingerprint density at radius 1 is 0.365 bits per heavy atom. The summed E-state index contributed by atoms with van der Waals surface area (Å²) in [4.78, 5) is 33.3. The molecular formula is C84H98N4O2S6. The molecule has 4 unspecified atom stereocenters. The molecule has 502 valence electrons. The molecule has 0 spiro atoms. The lowest BCUT2D eigenvalue weighted by Crippen LogP contribution is -2.00. The summed E-state index contributed by atoms with van der Waals surface area (Å²) in [5.41, 5.74) is 13.2. The van der Waals surface area contributed by atoms with Gasteiger partial charge in [-0.1, -0.05) is 209 Å². The number of allylic oxidation sites excluding steroid dienone is 6. The van der Waals surface area contributed by atoms with E-state index in [0.717, 1.165) is 79.3 Å². The number of thioether (sulfide) groups is 4. The summed E-state index contributed by atoms with van der Waals surface area (Å²) in [6, 6.07) is 32.8. The Hall–Kier alpha value is -5.80. The van der Waals surface area contributed by atoms with E-state index in [1.807, 2.05) is 95.6 Å². The third kappa shape index (κ3) is 18.2. The average Bonchev–Trinajstić information content (AvgIpc) is 1.55. The third-order valence-electron chi connectivity index (χ3n) is 19.4. The van der Waals surface area contributed by atoms with E-state index in [1.54, 1.807) is 34.8 Å². The number of hydrogen-bond acceptors (Lipinski definition) is 12. The van der Waals surface area contributed by atoms with Gasteiger partial charge in [0.2, 0.25) is 0 Å². The molecular weight excluding hydrogens is 1290 g/mol. The molecule has 9 rings (SSSR count). The molecule has 0 fully saturated rings. The maximum absolute atomic E-state index is 14.6. The van der Waals surface area contributed by atoms with Crippen molar-refractivity contribution in [3.05, 3.63) is 158 Å². The van der Waals surface area contributed by atoms with Crippen LogP contribution in [0, 0.1) is 92.7 Å². The maximum Gasteiger partial charge on any atom is 0.194 e. The molecule has 96 heavy (non-hydrogen) atoms. The molecule has 5 aromatic rings. The lowest BCUT2D eigenvalue weighted by molar-refractivity contribution is 0.103. The second-order valence-corrected chi connectivity index (χ2v) is 36.2. The number of Topliss-reactive ketones (excluding diaryl/α,β-unsaturated/α-hetero) is 2. The van der Waals surface area contributed by atoms with Crippen molar-refractivity contribution in [2.24, 2.45) is 47.3 Å². The van der Waals surface area contributed by atoms with Crippen LogP contribution in [0.4, 0.5) is 0 Å². The predicted octanol–water partition coefficient (Wildman–Crippen LogP) is 25.7. The van der Waals surface area contributed by atoms with Crippen LogP contribution < -0.4 is 0 Å². The van der Waals surface area contributed by atoms with Crippen molar-refractivity contribution in [1.29, 1.82) is 21.0 Å². The minimum absolute atomic E-state index is 0.0677. The second kappa shape index (κ2) is 35.3. The number of benzene rings is 3. The summed E-state index contributed by atoms with van der Waals surface area (Å²) in [6.45, 7) is 28.3. The molecule has 3 aromatic carbocycles.